The Morgan fingerprint density at radius 2 is 1.03 bits per heavy atom. The van der Waals surface area contributed by atoms with Crippen LogP contribution in [0.4, 0.5) is 0 Å². The van der Waals surface area contributed by atoms with Crippen molar-refractivity contribution in [1.29, 1.82) is 0 Å². The van der Waals surface area contributed by atoms with E-state index in [1.165, 1.54) is 48.5 Å². The summed E-state index contributed by atoms with van der Waals surface area (Å²) in [6.45, 7) is 19.5. The number of primary amides is 1. The van der Waals surface area contributed by atoms with Crippen molar-refractivity contribution >= 4 is 76.8 Å². The number of nitrogens with zero attached hydrogens (tertiary/aromatic N) is 2. The Hall–Kier alpha value is -7.17. The molecule has 2 fully saturated rings. The number of hydrogen-bond donors (Lipinski definition) is 18. The fraction of sp³-hybridized carbons (Fsp3) is 0.800. The standard InChI is InChI=1S/C65H115N13O20/c1-16-18-19-20-21-22-38-26-45(85)71-46(31(5)6)58(91)76-50(53(86)32(7)8)61(94)67-35(12)55(88)75-51(54(87)33(9)10)62(95)69-40(23-24-44(66)84)64(97)77(15)52(34(11)17-2)63(96)74-49(43(83)29-79)60(93)73-48(37(14)81)65(98)78-28-39(82)27-42(78)57(90)70-41(25-30(3)4)56(89)72-47(36(13)80)59(92)68-38/h30-43,46-54,79-83,86-87H,16-29H2,1-15H3,(H2,66,84)(H,67,94)(H,68,92)(H,69,95)(H,70,90)(H,71,85)(H,72,89)(H,73,93)(H,74,96)(H,75,88)(H,76,91)/t34?,35-,36?,37?,38?,39?,40?,41+,42-,43?,46-,47-,48-,49?,50+,51?,52?,53?,54+/m0/s1. The van der Waals surface area contributed by atoms with Crippen LogP contribution < -0.4 is 58.9 Å². The van der Waals surface area contributed by atoms with Gasteiger partial charge in [-0.05, 0) is 69.6 Å². The van der Waals surface area contributed by atoms with E-state index in [0.717, 1.165) is 43.0 Å². The number of nitrogens with one attached hydrogen (secondary N) is 10. The van der Waals surface area contributed by atoms with Crippen LogP contribution in [-0.2, 0) is 62.3 Å². The molecule has 2 heterocycles. The minimum Gasteiger partial charge on any atom is -0.394 e. The molecule has 0 aromatic carbocycles. The molecule has 0 spiro atoms. The van der Waals surface area contributed by atoms with Gasteiger partial charge >= 0.3 is 0 Å². The zero-order valence-electron chi connectivity index (χ0n) is 59.6. The summed E-state index contributed by atoms with van der Waals surface area (Å²) in [6.07, 6.45) is -8.27. The summed E-state index contributed by atoms with van der Waals surface area (Å²) in [6, 6.07) is -20.1. The van der Waals surface area contributed by atoms with Crippen LogP contribution in [0.25, 0.3) is 0 Å². The van der Waals surface area contributed by atoms with Crippen LogP contribution in [-0.4, -0.2) is 252 Å². The molecule has 0 bridgehead atoms. The number of fused-ring (bicyclic) bond motifs is 1. The molecule has 2 rings (SSSR count). The number of unbranched alkanes of at least 4 members (excludes halogenated alkanes) is 4. The fourth-order valence-electron chi connectivity index (χ4n) is 11.4. The van der Waals surface area contributed by atoms with Crippen molar-refractivity contribution < 1.29 is 98.1 Å². The molecule has 98 heavy (non-hydrogen) atoms. The Morgan fingerprint density at radius 3 is 1.54 bits per heavy atom. The third kappa shape index (κ3) is 26.5. The molecule has 19 N–H and O–H groups in total. The normalized spacial score (nSPS) is 28.7. The summed E-state index contributed by atoms with van der Waals surface area (Å²) >= 11 is 0. The first-order chi connectivity index (χ1) is 45.6. The van der Waals surface area contributed by atoms with Crippen LogP contribution in [0.5, 0.6) is 0 Å². The molecule has 0 saturated carbocycles. The van der Waals surface area contributed by atoms with Gasteiger partial charge in [-0.15, -0.1) is 0 Å². The first-order valence-electron chi connectivity index (χ1n) is 34.2. The van der Waals surface area contributed by atoms with E-state index in [4.69, 9.17) is 5.73 Å². The minimum absolute atomic E-state index is 0.0942. The van der Waals surface area contributed by atoms with Crippen molar-refractivity contribution in [3.05, 3.63) is 0 Å². The van der Waals surface area contributed by atoms with Gasteiger partial charge in [0.05, 0.1) is 37.1 Å². The zero-order chi connectivity index (χ0) is 74.9. The highest BCUT2D eigenvalue weighted by Gasteiger charge is 2.47. The van der Waals surface area contributed by atoms with Gasteiger partial charge in [0.1, 0.15) is 72.6 Å². The number of carbonyl (C=O) groups excluding carboxylic acids is 13. The van der Waals surface area contributed by atoms with E-state index in [1.54, 1.807) is 34.6 Å². The second kappa shape index (κ2) is 41.4. The van der Waals surface area contributed by atoms with Crippen LogP contribution in [0.15, 0.2) is 0 Å². The van der Waals surface area contributed by atoms with E-state index in [-0.39, 0.29) is 25.2 Å². The SMILES string of the molecule is CCCCCCCC1CC(=O)N[C@@H](C(C)C)C(=O)N[C@H](C(O)C(C)C)C(=O)N[C@@H](C)C(=O)NC([C@H](O)C(C)C)C(=O)NC(CCC(N)=O)C(=O)N(C)C(C(C)CC)C(=O)NC(C(O)CO)C(=O)N[C@@H](C(C)O)C(=O)N2CC(O)C[C@H]2C(=O)N[C@H](CC(C)C)C(=O)N[C@@H](C(C)O)C(=O)N1. The van der Waals surface area contributed by atoms with E-state index in [0.29, 0.717) is 12.8 Å². The summed E-state index contributed by atoms with van der Waals surface area (Å²) in [4.78, 5) is 187. The Balaban J connectivity index is 2.98. The van der Waals surface area contributed by atoms with Gasteiger partial charge in [-0.2, -0.15) is 0 Å². The van der Waals surface area contributed by atoms with Crippen LogP contribution in [0.2, 0.25) is 0 Å². The van der Waals surface area contributed by atoms with Crippen molar-refractivity contribution in [3.63, 3.8) is 0 Å². The maximum absolute atomic E-state index is 14.7. The lowest BCUT2D eigenvalue weighted by molar-refractivity contribution is -0.147. The lowest BCUT2D eigenvalue weighted by atomic mass is 9.94. The van der Waals surface area contributed by atoms with Crippen molar-refractivity contribution in [2.45, 2.75) is 283 Å². The first kappa shape index (κ1) is 86.9. The number of hydrogen-bond acceptors (Lipinski definition) is 20. The van der Waals surface area contributed by atoms with Gasteiger partial charge in [0, 0.05) is 38.9 Å². The zero-order valence-corrected chi connectivity index (χ0v) is 59.6. The maximum atomic E-state index is 14.7. The number of amides is 13. The van der Waals surface area contributed by atoms with Crippen molar-refractivity contribution in [2.24, 2.45) is 35.3 Å². The monoisotopic (exact) mass is 1400 g/mol. The number of aliphatic hydroxyl groups excluding tert-OH is 7. The Morgan fingerprint density at radius 1 is 0.541 bits per heavy atom. The van der Waals surface area contributed by atoms with Crippen molar-refractivity contribution in [2.75, 3.05) is 20.2 Å². The van der Waals surface area contributed by atoms with Crippen LogP contribution >= 0.6 is 0 Å². The van der Waals surface area contributed by atoms with Crippen LogP contribution in [0.1, 0.15) is 174 Å². The predicted molar refractivity (Wildman–Crippen MR) is 356 cm³/mol. The molecule has 0 aromatic rings. The van der Waals surface area contributed by atoms with Gasteiger partial charge < -0.3 is 104 Å². The number of rotatable bonds is 22. The molecule has 2 aliphatic heterocycles. The van der Waals surface area contributed by atoms with Crippen molar-refractivity contribution in [3.8, 4) is 0 Å². The molecule has 33 nitrogen and oxygen atoms in total. The van der Waals surface area contributed by atoms with Crippen LogP contribution in [0.3, 0.4) is 0 Å². The third-order valence-corrected chi connectivity index (χ3v) is 17.6. The molecule has 2 saturated heterocycles. The Kier molecular flexibility index (Phi) is 36.7. The van der Waals surface area contributed by atoms with E-state index in [1.807, 2.05) is 6.92 Å². The second-order valence-corrected chi connectivity index (χ2v) is 27.7. The average Bonchev–Trinajstić information content (AvgIpc) is 1.56. The lowest BCUT2D eigenvalue weighted by Gasteiger charge is -2.36. The molecule has 33 heteroatoms. The van der Waals surface area contributed by atoms with E-state index in [9.17, 15) is 98.1 Å². The Labute approximate surface area is 574 Å². The molecule has 2 aliphatic rings. The molecule has 0 aliphatic carbocycles. The number of likely N-dealkylation sites (N-methyl/N-ethyl adjacent to an activating group) is 1. The molecule has 11 unspecified atom stereocenters. The van der Waals surface area contributed by atoms with E-state index >= 15 is 0 Å². The van der Waals surface area contributed by atoms with Gasteiger partial charge in [0.2, 0.25) is 76.8 Å². The summed E-state index contributed by atoms with van der Waals surface area (Å²) < 4.78 is 0. The largest absolute Gasteiger partial charge is 0.394 e. The number of carbonyl (C=O) groups is 13. The van der Waals surface area contributed by atoms with Gasteiger partial charge in [0.25, 0.3) is 0 Å². The highest BCUT2D eigenvalue weighted by molar-refractivity contribution is 6.00. The summed E-state index contributed by atoms with van der Waals surface area (Å²) in [5, 5.41) is 102. The predicted octanol–water partition coefficient (Wildman–Crippen LogP) is -4.43. The van der Waals surface area contributed by atoms with Gasteiger partial charge in [-0.3, -0.25) is 62.3 Å². The number of aliphatic hydroxyl groups is 7. The number of nitrogens with two attached hydrogens (primary N) is 1. The quantitative estimate of drug-likeness (QED) is 0.0455. The van der Waals surface area contributed by atoms with E-state index < -0.39 is 248 Å². The molecular formula is C65H115N13O20. The molecule has 560 valence electrons. The molecule has 13 amide bonds. The summed E-state index contributed by atoms with van der Waals surface area (Å²) in [5.41, 5.74) is 5.50. The fourth-order valence-corrected chi connectivity index (χ4v) is 11.4. The third-order valence-electron chi connectivity index (χ3n) is 17.6. The molecular weight excluding hydrogens is 1280 g/mol. The second-order valence-electron chi connectivity index (χ2n) is 27.7. The van der Waals surface area contributed by atoms with Gasteiger partial charge in [0.15, 0.2) is 0 Å². The lowest BCUT2D eigenvalue weighted by Crippen LogP contribution is -2.65. The molecule has 19 atom stereocenters. The highest BCUT2D eigenvalue weighted by Crippen LogP contribution is 2.23. The molecule has 0 radical (unpaired) electrons. The van der Waals surface area contributed by atoms with Crippen LogP contribution in [0, 0.1) is 29.6 Å². The summed E-state index contributed by atoms with van der Waals surface area (Å²) in [7, 11) is 1.13. The van der Waals surface area contributed by atoms with E-state index in [2.05, 4.69) is 53.2 Å². The first-order valence-corrected chi connectivity index (χ1v) is 34.2. The smallest absolute Gasteiger partial charge is 0.248 e. The minimum atomic E-state index is -2.17. The maximum Gasteiger partial charge on any atom is 0.248 e. The van der Waals surface area contributed by atoms with Crippen molar-refractivity contribution in [1.82, 2.24) is 63.0 Å². The highest BCUT2D eigenvalue weighted by atomic mass is 16.3. The topological polar surface area (TPSA) is 516 Å². The summed E-state index contributed by atoms with van der Waals surface area (Å²) in [5.74, 6) is -17.2. The van der Waals surface area contributed by atoms with Gasteiger partial charge in [-0.25, -0.2) is 0 Å². The molecule has 0 aromatic heterocycles. The average molecular weight is 1400 g/mol. The Bertz CT molecular complexity index is 2700. The van der Waals surface area contributed by atoms with Gasteiger partial charge in [-0.1, -0.05) is 115 Å².